The van der Waals surface area contributed by atoms with Gasteiger partial charge in [0.2, 0.25) is 0 Å². The Balaban J connectivity index is 3.71. The van der Waals surface area contributed by atoms with Gasteiger partial charge in [-0.15, -0.1) is 0 Å². The van der Waals surface area contributed by atoms with Gasteiger partial charge in [0.15, 0.2) is 22.2 Å². The van der Waals surface area contributed by atoms with Crippen LogP contribution in [0.3, 0.4) is 0 Å². The van der Waals surface area contributed by atoms with Crippen LogP contribution in [0.2, 0.25) is 0 Å². The summed E-state index contributed by atoms with van der Waals surface area (Å²) in [7, 11) is 6.59. The summed E-state index contributed by atoms with van der Waals surface area (Å²) in [5.41, 5.74) is 0. The highest BCUT2D eigenvalue weighted by Gasteiger charge is 2.16. The van der Waals surface area contributed by atoms with E-state index >= 15 is 0 Å². The van der Waals surface area contributed by atoms with E-state index in [1.165, 1.54) is 13.8 Å². The molecule has 0 aromatic carbocycles. The maximum Gasteiger partial charge on any atom is 0.302 e. The zero-order valence-electron chi connectivity index (χ0n) is 15.6. The minimum absolute atomic E-state index is 0.0739. The Hall–Kier alpha value is 0.560. The summed E-state index contributed by atoms with van der Waals surface area (Å²) in [5.74, 6) is 2.16. The van der Waals surface area contributed by atoms with E-state index in [-0.39, 0.29) is 11.5 Å². The van der Waals surface area contributed by atoms with Gasteiger partial charge in [0.25, 0.3) is 0 Å². The minimum Gasteiger partial charge on any atom is -0.461 e. The molecule has 28 heavy (non-hydrogen) atoms. The molecule has 0 spiro atoms. The first-order chi connectivity index (χ1) is 13.2. The second-order valence-corrected chi connectivity index (χ2v) is 12.7. The van der Waals surface area contributed by atoms with Crippen LogP contribution in [0.25, 0.3) is 0 Å². The second kappa shape index (κ2) is 18.3. The fraction of sp³-hybridized carbons (Fsp3) is 0.857. The normalized spacial score (nSPS) is 15.4. The van der Waals surface area contributed by atoms with E-state index in [4.69, 9.17) is 18.6 Å². The SMILES string of the molecule is CC(=O)O[C@H](CCSSCCSSCC[C@H](CS(=O)O)OC(C)=O)CS(=O)O. The maximum atomic E-state index is 11.0. The zero-order valence-corrected chi connectivity index (χ0v) is 20.5. The average Bonchev–Trinajstić information content (AvgIpc) is 2.54. The Labute approximate surface area is 186 Å². The molecular weight excluding hydrogens is 489 g/mol. The Bertz CT molecular complexity index is 430. The number of esters is 2. The quantitative estimate of drug-likeness (QED) is 0.128. The molecule has 14 heteroatoms. The summed E-state index contributed by atoms with van der Waals surface area (Å²) in [5, 5.41) is 0. The van der Waals surface area contributed by atoms with Crippen molar-refractivity contribution in [1.82, 2.24) is 0 Å². The molecular formula is C14H26O8S6. The summed E-state index contributed by atoms with van der Waals surface area (Å²) in [6, 6.07) is 0. The third-order valence-electron chi connectivity index (χ3n) is 2.79. The van der Waals surface area contributed by atoms with E-state index in [0.29, 0.717) is 24.3 Å². The number of ether oxygens (including phenoxy) is 2. The first-order valence-electron chi connectivity index (χ1n) is 8.18. The van der Waals surface area contributed by atoms with Crippen molar-refractivity contribution in [1.29, 1.82) is 0 Å². The number of hydrogen-bond acceptors (Lipinski definition) is 10. The van der Waals surface area contributed by atoms with Gasteiger partial charge >= 0.3 is 11.9 Å². The molecule has 0 fully saturated rings. The predicted octanol–water partition coefficient (Wildman–Crippen LogP) is 2.84. The van der Waals surface area contributed by atoms with Crippen LogP contribution in [0.1, 0.15) is 26.7 Å². The van der Waals surface area contributed by atoms with Crippen molar-refractivity contribution in [2.24, 2.45) is 0 Å². The van der Waals surface area contributed by atoms with Crippen molar-refractivity contribution in [3.8, 4) is 0 Å². The number of rotatable bonds is 17. The third kappa shape index (κ3) is 19.9. The molecule has 0 aliphatic carbocycles. The highest BCUT2D eigenvalue weighted by atomic mass is 33.1. The molecule has 0 heterocycles. The molecule has 0 aromatic heterocycles. The molecule has 0 saturated heterocycles. The molecule has 0 bridgehead atoms. The van der Waals surface area contributed by atoms with Crippen molar-refractivity contribution in [2.75, 3.05) is 34.5 Å². The van der Waals surface area contributed by atoms with E-state index in [1.807, 2.05) is 0 Å². The van der Waals surface area contributed by atoms with E-state index < -0.39 is 46.3 Å². The first-order valence-corrected chi connectivity index (χ1v) is 15.7. The minimum atomic E-state index is -1.99. The van der Waals surface area contributed by atoms with E-state index in [1.54, 1.807) is 43.2 Å². The van der Waals surface area contributed by atoms with Gasteiger partial charge in [0.1, 0.15) is 12.2 Å². The maximum absolute atomic E-state index is 11.0. The fourth-order valence-electron chi connectivity index (χ4n) is 1.80. The van der Waals surface area contributed by atoms with E-state index in [2.05, 4.69) is 0 Å². The van der Waals surface area contributed by atoms with E-state index in [0.717, 1.165) is 11.5 Å². The van der Waals surface area contributed by atoms with Crippen molar-refractivity contribution < 1.29 is 36.6 Å². The molecule has 166 valence electrons. The Morgan fingerprint density at radius 3 is 1.36 bits per heavy atom. The van der Waals surface area contributed by atoms with Crippen molar-refractivity contribution in [3.05, 3.63) is 0 Å². The van der Waals surface area contributed by atoms with E-state index in [9.17, 15) is 18.0 Å². The highest BCUT2D eigenvalue weighted by Crippen LogP contribution is 2.28. The van der Waals surface area contributed by atoms with Gasteiger partial charge in [-0.2, -0.15) is 0 Å². The lowest BCUT2D eigenvalue weighted by Gasteiger charge is -2.15. The van der Waals surface area contributed by atoms with Crippen LogP contribution >= 0.6 is 43.2 Å². The topological polar surface area (TPSA) is 127 Å². The second-order valence-electron chi connectivity index (χ2n) is 5.30. The summed E-state index contributed by atoms with van der Waals surface area (Å²) < 4.78 is 49.5. The smallest absolute Gasteiger partial charge is 0.302 e. The van der Waals surface area contributed by atoms with Crippen LogP contribution < -0.4 is 0 Å². The molecule has 0 radical (unpaired) electrons. The molecule has 0 rings (SSSR count). The molecule has 0 aliphatic heterocycles. The van der Waals surface area contributed by atoms with Gasteiger partial charge in [-0.1, -0.05) is 43.2 Å². The molecule has 2 unspecified atom stereocenters. The fourth-order valence-corrected chi connectivity index (χ4v) is 7.86. The molecule has 0 amide bonds. The van der Waals surface area contributed by atoms with Crippen molar-refractivity contribution >= 4 is 77.3 Å². The molecule has 8 nitrogen and oxygen atoms in total. The Kier molecular flexibility index (Phi) is 18.7. The van der Waals surface area contributed by atoms with Crippen LogP contribution in [0.4, 0.5) is 0 Å². The van der Waals surface area contributed by atoms with Gasteiger partial charge in [0, 0.05) is 36.9 Å². The summed E-state index contributed by atoms with van der Waals surface area (Å²) >= 11 is -3.99. The number of carbonyl (C=O) groups excluding carboxylic acids is 2. The zero-order chi connectivity index (χ0) is 21.4. The standard InChI is InChI=1S/C14H26O8S6/c1-11(15)21-13(9-27(17)18)3-5-23-25-7-8-26-24-6-4-14(10-28(19)20)22-12(2)16/h13-14H,3-10H2,1-2H3,(H,17,18)(H,19,20)/t13-,14-/m1/s1. The van der Waals surface area contributed by atoms with Crippen LogP contribution in [-0.4, -0.2) is 76.2 Å². The largest absolute Gasteiger partial charge is 0.461 e. The highest BCUT2D eigenvalue weighted by molar-refractivity contribution is 8.78. The summed E-state index contributed by atoms with van der Waals surface area (Å²) in [4.78, 5) is 21.9. The molecule has 0 saturated carbocycles. The third-order valence-corrected chi connectivity index (χ3v) is 9.24. The Morgan fingerprint density at radius 1 is 0.750 bits per heavy atom. The lowest BCUT2D eigenvalue weighted by atomic mass is 10.3. The number of hydrogen-bond donors (Lipinski definition) is 2. The summed E-state index contributed by atoms with van der Waals surface area (Å²) in [6.45, 7) is 2.56. The lowest BCUT2D eigenvalue weighted by molar-refractivity contribution is -0.146. The molecule has 0 aliphatic rings. The molecule has 4 atom stereocenters. The predicted molar refractivity (Wildman–Crippen MR) is 121 cm³/mol. The average molecular weight is 515 g/mol. The van der Waals surface area contributed by atoms with Crippen LogP contribution in [0.5, 0.6) is 0 Å². The van der Waals surface area contributed by atoms with Crippen LogP contribution in [0.15, 0.2) is 0 Å². The van der Waals surface area contributed by atoms with Crippen LogP contribution in [-0.2, 0) is 41.2 Å². The van der Waals surface area contributed by atoms with Gasteiger partial charge in [-0.05, 0) is 12.8 Å². The monoisotopic (exact) mass is 514 g/mol. The molecule has 0 aromatic rings. The summed E-state index contributed by atoms with van der Waals surface area (Å²) in [6.07, 6.45) is -0.0377. The van der Waals surface area contributed by atoms with Gasteiger partial charge in [-0.25, -0.2) is 8.42 Å². The number of carbonyl (C=O) groups is 2. The molecule has 2 N–H and O–H groups in total. The first kappa shape index (κ1) is 28.6. The van der Waals surface area contributed by atoms with Gasteiger partial charge in [0.05, 0.1) is 11.5 Å². The lowest BCUT2D eigenvalue weighted by Crippen LogP contribution is -2.23. The van der Waals surface area contributed by atoms with Crippen molar-refractivity contribution in [3.63, 3.8) is 0 Å². The van der Waals surface area contributed by atoms with Crippen LogP contribution in [0, 0.1) is 0 Å². The van der Waals surface area contributed by atoms with Gasteiger partial charge < -0.3 is 18.6 Å². The van der Waals surface area contributed by atoms with Crippen molar-refractivity contribution in [2.45, 2.75) is 38.9 Å². The Morgan fingerprint density at radius 2 is 1.07 bits per heavy atom. The van der Waals surface area contributed by atoms with Gasteiger partial charge in [-0.3, -0.25) is 9.59 Å².